The molecule has 1 aromatic rings. The minimum Gasteiger partial charge on any atom is -0.327 e. The Morgan fingerprint density at radius 1 is 0.905 bits per heavy atom. The summed E-state index contributed by atoms with van der Waals surface area (Å²) in [5.41, 5.74) is 2.28. The molecule has 0 spiro atoms. The van der Waals surface area contributed by atoms with Crippen LogP contribution in [-0.2, 0) is 26.2 Å². The molecule has 0 aromatic heterocycles. The molecule has 0 heterocycles. The van der Waals surface area contributed by atoms with Crippen molar-refractivity contribution in [3.8, 4) is 0 Å². The predicted molar refractivity (Wildman–Crippen MR) is 86.3 cm³/mol. The van der Waals surface area contributed by atoms with Crippen LogP contribution >= 0.6 is 0 Å². The van der Waals surface area contributed by atoms with Gasteiger partial charge in [0, 0.05) is 0 Å². The standard InChI is InChI=1S/C10H10.2C5H4.Zr/c1-3-9(2)10-7-5-4-6-8-10;2*1-2-4-5-3-1;/h4-7H,1-2H3;2*1-4H;/q-2;2*-1;+4. The molecule has 0 aliphatic heterocycles. The van der Waals surface area contributed by atoms with Gasteiger partial charge in [0.25, 0.3) is 0 Å². The fourth-order valence-electron chi connectivity index (χ4n) is 1.32. The Labute approximate surface area is 148 Å². The zero-order chi connectivity index (χ0) is 14.5. The molecule has 102 valence electrons. The minimum atomic E-state index is 0. The molecule has 0 nitrogen and oxygen atoms in total. The van der Waals surface area contributed by atoms with E-state index in [1.165, 1.54) is 0 Å². The Bertz CT molecular complexity index is 460. The maximum Gasteiger partial charge on any atom is 4.00 e. The summed E-state index contributed by atoms with van der Waals surface area (Å²) >= 11 is 0. The second kappa shape index (κ2) is 13.5. The second-order valence-electron chi connectivity index (χ2n) is 3.92. The molecule has 0 N–H and O–H groups in total. The normalized spacial score (nSPS) is 13.1. The van der Waals surface area contributed by atoms with Gasteiger partial charge in [-0.15, -0.1) is 19.9 Å². The summed E-state index contributed by atoms with van der Waals surface area (Å²) in [5.74, 6) is 0. The molecule has 0 atom stereocenters. The fourth-order valence-corrected chi connectivity index (χ4v) is 1.32. The second-order valence-corrected chi connectivity index (χ2v) is 3.92. The van der Waals surface area contributed by atoms with Gasteiger partial charge in [0.1, 0.15) is 0 Å². The average molecular weight is 350 g/mol. The van der Waals surface area contributed by atoms with Crippen molar-refractivity contribution >= 4 is 5.57 Å². The third-order valence-corrected chi connectivity index (χ3v) is 2.48. The number of hydrogen-bond acceptors (Lipinski definition) is 0. The summed E-state index contributed by atoms with van der Waals surface area (Å²) in [6.45, 7) is 3.95. The first-order valence-electron chi connectivity index (χ1n) is 6.48. The van der Waals surface area contributed by atoms with E-state index in [0.717, 1.165) is 11.1 Å². The maximum absolute atomic E-state index is 3.12. The predicted octanol–water partition coefficient (Wildman–Crippen LogP) is 5.10. The first-order valence-corrected chi connectivity index (χ1v) is 6.48. The summed E-state index contributed by atoms with van der Waals surface area (Å²) in [6.07, 6.45) is 24.1. The Balaban J connectivity index is 0.000000307. The van der Waals surface area contributed by atoms with Gasteiger partial charge in [-0.2, -0.15) is 49.3 Å². The largest absolute Gasteiger partial charge is 4.00 e. The molecule has 1 heteroatoms. The van der Waals surface area contributed by atoms with Crippen LogP contribution in [0.2, 0.25) is 0 Å². The molecule has 21 heavy (non-hydrogen) atoms. The maximum atomic E-state index is 3.12. The molecule has 0 fully saturated rings. The van der Waals surface area contributed by atoms with Crippen LogP contribution in [0.5, 0.6) is 0 Å². The van der Waals surface area contributed by atoms with Crippen LogP contribution in [0.3, 0.4) is 0 Å². The van der Waals surface area contributed by atoms with Crippen LogP contribution in [0.4, 0.5) is 0 Å². The van der Waals surface area contributed by atoms with Crippen LogP contribution in [-0.4, -0.2) is 0 Å². The third-order valence-electron chi connectivity index (χ3n) is 2.48. The topological polar surface area (TPSA) is 0 Å². The van der Waals surface area contributed by atoms with Gasteiger partial charge < -0.3 is 17.2 Å². The van der Waals surface area contributed by atoms with Gasteiger partial charge in [-0.1, -0.05) is 0 Å². The van der Waals surface area contributed by atoms with Crippen molar-refractivity contribution in [3.05, 3.63) is 103 Å². The van der Waals surface area contributed by atoms with E-state index in [2.05, 4.69) is 25.0 Å². The smallest absolute Gasteiger partial charge is 0.327 e. The Kier molecular flexibility index (Phi) is 12.6. The van der Waals surface area contributed by atoms with E-state index >= 15 is 0 Å². The van der Waals surface area contributed by atoms with Gasteiger partial charge in [0.2, 0.25) is 0 Å². The van der Waals surface area contributed by atoms with Crippen molar-refractivity contribution in [2.75, 3.05) is 0 Å². The zero-order valence-corrected chi connectivity index (χ0v) is 14.9. The van der Waals surface area contributed by atoms with Crippen LogP contribution < -0.4 is 0 Å². The summed E-state index contributed by atoms with van der Waals surface area (Å²) in [4.78, 5) is 0. The van der Waals surface area contributed by atoms with Crippen molar-refractivity contribution < 1.29 is 26.2 Å². The van der Waals surface area contributed by atoms with Gasteiger partial charge >= 0.3 is 26.2 Å². The molecule has 0 amide bonds. The van der Waals surface area contributed by atoms with E-state index in [-0.39, 0.29) is 26.2 Å². The van der Waals surface area contributed by atoms with E-state index in [4.69, 9.17) is 0 Å². The molecule has 1 aromatic carbocycles. The summed E-state index contributed by atoms with van der Waals surface area (Å²) in [7, 11) is 0. The number of benzene rings is 1. The van der Waals surface area contributed by atoms with Crippen LogP contribution in [0.15, 0.2) is 72.9 Å². The van der Waals surface area contributed by atoms with Gasteiger partial charge in [0.15, 0.2) is 0 Å². The molecule has 2 radical (unpaired) electrons. The first kappa shape index (κ1) is 19.5. The summed E-state index contributed by atoms with van der Waals surface area (Å²) in [6, 6.07) is 11.0. The number of rotatable bonds is 1. The van der Waals surface area contributed by atoms with Crippen molar-refractivity contribution in [3.63, 3.8) is 0 Å². The van der Waals surface area contributed by atoms with Gasteiger partial charge in [-0.25, -0.2) is 36.4 Å². The van der Waals surface area contributed by atoms with E-state index in [9.17, 15) is 0 Å². The van der Waals surface area contributed by atoms with Crippen LogP contribution in [0.25, 0.3) is 5.57 Å². The SMILES string of the molecule is C[C-]=C(C)c1[c-]cccc1.[C-]1C=CC=C1.[C-]1C=CC=C1.[Zr+4]. The van der Waals surface area contributed by atoms with E-state index in [1.807, 2.05) is 86.7 Å². The molecule has 2 aliphatic rings. The van der Waals surface area contributed by atoms with Crippen molar-refractivity contribution in [1.82, 2.24) is 0 Å². The molecular weight excluding hydrogens is 331 g/mol. The Morgan fingerprint density at radius 3 is 1.71 bits per heavy atom. The molecule has 0 saturated carbocycles. The number of allylic oxidation sites excluding steroid dienone is 10. The third kappa shape index (κ3) is 9.99. The Morgan fingerprint density at radius 2 is 1.43 bits per heavy atom. The fraction of sp³-hybridized carbons (Fsp3) is 0.100. The minimum absolute atomic E-state index is 0. The van der Waals surface area contributed by atoms with E-state index < -0.39 is 0 Å². The van der Waals surface area contributed by atoms with Crippen LogP contribution in [0, 0.1) is 25.0 Å². The quantitative estimate of drug-likeness (QED) is 0.619. The molecule has 0 unspecified atom stereocenters. The van der Waals surface area contributed by atoms with Gasteiger partial charge in [-0.05, 0) is 0 Å². The molecular formula is C20H18Zr. The monoisotopic (exact) mass is 348 g/mol. The molecule has 3 rings (SSSR count). The molecule has 0 bridgehead atoms. The van der Waals surface area contributed by atoms with Crippen molar-refractivity contribution in [1.29, 1.82) is 0 Å². The Hall–Kier alpha value is -1.46. The van der Waals surface area contributed by atoms with E-state index in [1.54, 1.807) is 0 Å². The summed E-state index contributed by atoms with van der Waals surface area (Å²) < 4.78 is 0. The van der Waals surface area contributed by atoms with Crippen molar-refractivity contribution in [2.45, 2.75) is 13.8 Å². The first-order chi connectivity index (χ1) is 9.84. The number of hydrogen-bond donors (Lipinski definition) is 0. The average Bonchev–Trinajstić information content (AvgIpc) is 3.24. The van der Waals surface area contributed by atoms with Gasteiger partial charge in [0.05, 0.1) is 0 Å². The zero-order valence-electron chi connectivity index (χ0n) is 12.4. The van der Waals surface area contributed by atoms with Crippen molar-refractivity contribution in [2.24, 2.45) is 0 Å². The van der Waals surface area contributed by atoms with Gasteiger partial charge in [-0.3, -0.25) is 0 Å². The molecule has 0 saturated heterocycles. The van der Waals surface area contributed by atoms with E-state index in [0.29, 0.717) is 0 Å². The van der Waals surface area contributed by atoms with Crippen LogP contribution in [0.1, 0.15) is 19.4 Å². The summed E-state index contributed by atoms with van der Waals surface area (Å²) in [5, 5.41) is 0. The molecule has 2 aliphatic carbocycles.